The van der Waals surface area contributed by atoms with E-state index in [-0.39, 0.29) is 0 Å². The van der Waals surface area contributed by atoms with Crippen LogP contribution in [-0.2, 0) is 20.9 Å². The molecule has 0 spiro atoms. The van der Waals surface area contributed by atoms with Gasteiger partial charge in [0.1, 0.15) is 0 Å². The molecule has 2 aliphatic rings. The van der Waals surface area contributed by atoms with Crippen LogP contribution in [0.4, 0.5) is 0 Å². The van der Waals surface area contributed by atoms with Crippen LogP contribution in [0, 0.1) is 5.92 Å². The minimum Gasteiger partial charge on any atom is -0.493 e. The molecule has 9 nitrogen and oxygen atoms in total. The number of carboxylic acid groups (broad SMARTS) is 2. The molecule has 32 heavy (non-hydrogen) atoms. The highest BCUT2D eigenvalue weighted by Gasteiger charge is 2.23. The van der Waals surface area contributed by atoms with Crippen molar-refractivity contribution in [1.29, 1.82) is 0 Å². The lowest BCUT2D eigenvalue weighted by Gasteiger charge is -2.35. The minimum atomic E-state index is -1.82. The molecule has 0 bridgehead atoms. The van der Waals surface area contributed by atoms with Crippen LogP contribution in [0.5, 0.6) is 11.5 Å². The highest BCUT2D eigenvalue weighted by Crippen LogP contribution is 2.32. The predicted octanol–water partition coefficient (Wildman–Crippen LogP) is 2.47. The number of carboxylic acids is 2. The van der Waals surface area contributed by atoms with E-state index in [2.05, 4.69) is 11.0 Å². The molecule has 1 saturated carbocycles. The van der Waals surface area contributed by atoms with E-state index >= 15 is 0 Å². The van der Waals surface area contributed by atoms with Crippen LogP contribution >= 0.6 is 0 Å². The Bertz CT molecular complexity index is 758. The van der Waals surface area contributed by atoms with Gasteiger partial charge in [-0.15, -0.1) is 0 Å². The Morgan fingerprint density at radius 2 is 1.59 bits per heavy atom. The van der Waals surface area contributed by atoms with Gasteiger partial charge in [-0.3, -0.25) is 9.69 Å². The maximum Gasteiger partial charge on any atom is 0.414 e. The number of aliphatic carboxylic acids is 2. The molecule has 1 aromatic carbocycles. The summed E-state index contributed by atoms with van der Waals surface area (Å²) in [5.74, 6) is -0.933. The van der Waals surface area contributed by atoms with Crippen LogP contribution in [-0.4, -0.2) is 78.3 Å². The standard InChI is InChI=1S/C21H32N2O3.C2H2O4/c1-25-19-9-5-8-18(21(19)26-2)16-22-12-14-23(15-13-22)20(24)11-10-17-6-3-4-7-17;3-1(4)2(5)6/h5,8-9,17H,3-4,6-7,10-16H2,1-2H3;(H,3,4)(H,5,6). The number of para-hydroxylation sites is 1. The van der Waals surface area contributed by atoms with Gasteiger partial charge >= 0.3 is 11.9 Å². The molecule has 0 atom stereocenters. The molecule has 3 rings (SSSR count). The average molecular weight is 451 g/mol. The van der Waals surface area contributed by atoms with Crippen molar-refractivity contribution in [3.05, 3.63) is 23.8 Å². The summed E-state index contributed by atoms with van der Waals surface area (Å²) < 4.78 is 10.9. The molecule has 1 saturated heterocycles. The molecule has 0 aromatic heterocycles. The maximum atomic E-state index is 12.5. The van der Waals surface area contributed by atoms with Crippen molar-refractivity contribution in [3.8, 4) is 11.5 Å². The van der Waals surface area contributed by atoms with E-state index in [0.29, 0.717) is 5.91 Å². The first-order valence-electron chi connectivity index (χ1n) is 11.0. The second kappa shape index (κ2) is 12.9. The molecule has 1 aliphatic carbocycles. The molecule has 1 aromatic rings. The number of methoxy groups -OCH3 is 2. The first kappa shape index (κ1) is 25.5. The van der Waals surface area contributed by atoms with Gasteiger partial charge in [0, 0.05) is 44.7 Å². The van der Waals surface area contributed by atoms with Gasteiger partial charge in [0.25, 0.3) is 0 Å². The first-order valence-corrected chi connectivity index (χ1v) is 11.0. The van der Waals surface area contributed by atoms with Gasteiger partial charge in [0.15, 0.2) is 11.5 Å². The highest BCUT2D eigenvalue weighted by molar-refractivity contribution is 6.27. The molecular formula is C23H34N2O7. The number of ether oxygens (including phenoxy) is 2. The summed E-state index contributed by atoms with van der Waals surface area (Å²) in [7, 11) is 3.35. The number of benzene rings is 1. The van der Waals surface area contributed by atoms with Crippen LogP contribution in [0.2, 0.25) is 0 Å². The summed E-state index contributed by atoms with van der Waals surface area (Å²) in [6.07, 6.45) is 7.16. The van der Waals surface area contributed by atoms with Crippen molar-refractivity contribution in [1.82, 2.24) is 9.80 Å². The van der Waals surface area contributed by atoms with E-state index < -0.39 is 11.9 Å². The van der Waals surface area contributed by atoms with Gasteiger partial charge in [-0.2, -0.15) is 0 Å². The fourth-order valence-electron chi connectivity index (χ4n) is 4.26. The second-order valence-corrected chi connectivity index (χ2v) is 8.11. The van der Waals surface area contributed by atoms with Crippen molar-refractivity contribution >= 4 is 17.8 Å². The minimum absolute atomic E-state index is 0.343. The van der Waals surface area contributed by atoms with E-state index in [9.17, 15) is 4.79 Å². The number of carbonyl (C=O) groups is 3. The number of hydrogen-bond acceptors (Lipinski definition) is 6. The monoisotopic (exact) mass is 450 g/mol. The summed E-state index contributed by atoms with van der Waals surface area (Å²) in [6, 6.07) is 6.00. The third-order valence-corrected chi connectivity index (χ3v) is 6.03. The molecule has 9 heteroatoms. The lowest BCUT2D eigenvalue weighted by Crippen LogP contribution is -2.48. The summed E-state index contributed by atoms with van der Waals surface area (Å²) in [5.41, 5.74) is 1.13. The van der Waals surface area contributed by atoms with E-state index in [4.69, 9.17) is 29.3 Å². The van der Waals surface area contributed by atoms with Crippen LogP contribution < -0.4 is 9.47 Å². The second-order valence-electron chi connectivity index (χ2n) is 8.11. The predicted molar refractivity (Wildman–Crippen MR) is 118 cm³/mol. The molecule has 2 N–H and O–H groups in total. The smallest absolute Gasteiger partial charge is 0.414 e. The van der Waals surface area contributed by atoms with Crippen molar-refractivity contribution in [2.75, 3.05) is 40.4 Å². The fraction of sp³-hybridized carbons (Fsp3) is 0.609. The molecule has 1 aliphatic heterocycles. The van der Waals surface area contributed by atoms with Crippen molar-refractivity contribution in [2.45, 2.75) is 45.1 Å². The summed E-state index contributed by atoms with van der Waals surface area (Å²) in [6.45, 7) is 4.31. The normalized spacial score (nSPS) is 16.8. The Kier molecular flexibility index (Phi) is 10.3. The van der Waals surface area contributed by atoms with Gasteiger partial charge in [-0.25, -0.2) is 9.59 Å². The average Bonchev–Trinajstić information content (AvgIpc) is 3.32. The van der Waals surface area contributed by atoms with Gasteiger partial charge in [0.05, 0.1) is 14.2 Å². The number of piperazine rings is 1. The number of amides is 1. The Morgan fingerprint density at radius 3 is 2.12 bits per heavy atom. The lowest BCUT2D eigenvalue weighted by atomic mass is 10.0. The quantitative estimate of drug-likeness (QED) is 0.609. The van der Waals surface area contributed by atoms with Gasteiger partial charge < -0.3 is 24.6 Å². The molecule has 2 fully saturated rings. The van der Waals surface area contributed by atoms with Gasteiger partial charge in [-0.05, 0) is 18.4 Å². The number of carbonyl (C=O) groups excluding carboxylic acids is 1. The molecule has 0 unspecified atom stereocenters. The third kappa shape index (κ3) is 7.71. The van der Waals surface area contributed by atoms with Crippen LogP contribution in [0.15, 0.2) is 18.2 Å². The van der Waals surface area contributed by atoms with E-state index in [0.717, 1.165) is 68.5 Å². The molecule has 1 amide bonds. The Labute approximate surface area is 188 Å². The van der Waals surface area contributed by atoms with Crippen LogP contribution in [0.1, 0.15) is 44.1 Å². The Hall–Kier alpha value is -2.81. The number of nitrogens with zero attached hydrogens (tertiary/aromatic N) is 2. The topological polar surface area (TPSA) is 117 Å². The summed E-state index contributed by atoms with van der Waals surface area (Å²) in [5, 5.41) is 14.8. The van der Waals surface area contributed by atoms with Crippen molar-refractivity contribution in [3.63, 3.8) is 0 Å². The zero-order valence-corrected chi connectivity index (χ0v) is 18.9. The summed E-state index contributed by atoms with van der Waals surface area (Å²) in [4.78, 5) is 35.1. The number of hydrogen-bond donors (Lipinski definition) is 2. The molecule has 0 radical (unpaired) electrons. The zero-order chi connectivity index (χ0) is 23.5. The largest absolute Gasteiger partial charge is 0.493 e. The molecule has 1 heterocycles. The third-order valence-electron chi connectivity index (χ3n) is 6.03. The Balaban J connectivity index is 0.000000534. The first-order chi connectivity index (χ1) is 15.3. The van der Waals surface area contributed by atoms with Crippen LogP contribution in [0.3, 0.4) is 0 Å². The van der Waals surface area contributed by atoms with Gasteiger partial charge in [-0.1, -0.05) is 37.8 Å². The SMILES string of the molecule is COc1cccc(CN2CCN(C(=O)CCC3CCCC3)CC2)c1OC.O=C(O)C(=O)O. The van der Waals surface area contributed by atoms with E-state index in [1.807, 2.05) is 17.0 Å². The highest BCUT2D eigenvalue weighted by atomic mass is 16.5. The molecular weight excluding hydrogens is 416 g/mol. The fourth-order valence-corrected chi connectivity index (χ4v) is 4.26. The van der Waals surface area contributed by atoms with Crippen molar-refractivity contribution in [2.24, 2.45) is 5.92 Å². The Morgan fingerprint density at radius 1 is 0.969 bits per heavy atom. The van der Waals surface area contributed by atoms with E-state index in [1.165, 1.54) is 25.7 Å². The summed E-state index contributed by atoms with van der Waals surface area (Å²) >= 11 is 0. The number of rotatable bonds is 7. The van der Waals surface area contributed by atoms with Crippen LogP contribution in [0.25, 0.3) is 0 Å². The van der Waals surface area contributed by atoms with E-state index in [1.54, 1.807) is 14.2 Å². The lowest BCUT2D eigenvalue weighted by molar-refractivity contribution is -0.159. The maximum absolute atomic E-state index is 12.5. The van der Waals surface area contributed by atoms with Crippen molar-refractivity contribution < 1.29 is 34.1 Å². The molecule has 178 valence electrons. The zero-order valence-electron chi connectivity index (χ0n) is 18.9. The van der Waals surface area contributed by atoms with Gasteiger partial charge in [0.2, 0.25) is 5.91 Å².